The van der Waals surface area contributed by atoms with Gasteiger partial charge in [-0.1, -0.05) is 30.3 Å². The van der Waals surface area contributed by atoms with E-state index in [9.17, 15) is 44.7 Å². The van der Waals surface area contributed by atoms with Gasteiger partial charge in [0.15, 0.2) is 0 Å². The number of rotatable bonds is 7. The van der Waals surface area contributed by atoms with Crippen LogP contribution in [0, 0.1) is 5.82 Å². The number of aliphatic hydroxyl groups excluding tert-OH is 2. The summed E-state index contributed by atoms with van der Waals surface area (Å²) in [6.07, 6.45) is -3.36. The Morgan fingerprint density at radius 1 is 1.08 bits per heavy atom. The second-order valence-electron chi connectivity index (χ2n) is 8.39. The molecule has 0 amide bonds. The summed E-state index contributed by atoms with van der Waals surface area (Å²) in [5, 5.41) is 63.5. The molecule has 4 atom stereocenters. The van der Waals surface area contributed by atoms with Gasteiger partial charge in [-0.25, -0.2) is 13.8 Å². The summed E-state index contributed by atoms with van der Waals surface area (Å²) in [5.74, 6) is -3.95. The molecule has 0 aliphatic carbocycles. The first-order valence-electron chi connectivity index (χ1n) is 10.8. The van der Waals surface area contributed by atoms with E-state index in [-0.39, 0.29) is 28.4 Å². The van der Waals surface area contributed by atoms with Crippen molar-refractivity contribution >= 4 is 0 Å². The van der Waals surface area contributed by atoms with Crippen LogP contribution in [0.15, 0.2) is 64.3 Å². The van der Waals surface area contributed by atoms with Gasteiger partial charge in [0, 0.05) is 18.2 Å². The van der Waals surface area contributed by atoms with E-state index in [1.54, 1.807) is 0 Å². The summed E-state index contributed by atoms with van der Waals surface area (Å²) < 4.78 is 19.8. The molecule has 13 heteroatoms. The minimum Gasteiger partial charge on any atom is -0.508 e. The Morgan fingerprint density at radius 3 is 2.39 bits per heavy atom. The van der Waals surface area contributed by atoms with E-state index in [4.69, 9.17) is 4.74 Å². The Balaban J connectivity index is 1.80. The lowest BCUT2D eigenvalue weighted by Crippen LogP contribution is -2.68. The minimum absolute atomic E-state index is 0.0785. The van der Waals surface area contributed by atoms with Crippen molar-refractivity contribution in [3.63, 3.8) is 0 Å². The van der Waals surface area contributed by atoms with E-state index >= 15 is 0 Å². The Bertz CT molecular complexity index is 1360. The van der Waals surface area contributed by atoms with Crippen LogP contribution < -0.4 is 11.2 Å². The molecule has 0 radical (unpaired) electrons. The SMILES string of the molecule is O=c1[nH]c(=O)n([C@]2(O)O[C@H](CO)[C@@H](O)[C@]2(O)N(O)Cc2ccc(O)cc2)cc1Cc1ccccc1F. The number of benzene rings is 2. The van der Waals surface area contributed by atoms with E-state index in [1.807, 2.05) is 4.98 Å². The lowest BCUT2D eigenvalue weighted by atomic mass is 9.99. The lowest BCUT2D eigenvalue weighted by Gasteiger charge is -2.42. The van der Waals surface area contributed by atoms with Gasteiger partial charge in [-0.3, -0.25) is 9.78 Å². The zero-order valence-corrected chi connectivity index (χ0v) is 18.7. The largest absolute Gasteiger partial charge is 0.508 e. The number of phenolic OH excluding ortho intramolecular Hbond substituents is 1. The first-order chi connectivity index (χ1) is 17.0. The highest BCUT2D eigenvalue weighted by Gasteiger charge is 2.70. The van der Waals surface area contributed by atoms with E-state index in [1.165, 1.54) is 48.5 Å². The van der Waals surface area contributed by atoms with Crippen molar-refractivity contribution in [2.45, 2.75) is 36.8 Å². The molecule has 2 heterocycles. The van der Waals surface area contributed by atoms with Crippen LogP contribution in [0.1, 0.15) is 16.7 Å². The van der Waals surface area contributed by atoms with Crippen LogP contribution >= 0.6 is 0 Å². The first kappa shape index (κ1) is 25.7. The Hall–Kier alpha value is -3.43. The lowest BCUT2D eigenvalue weighted by molar-refractivity contribution is -0.413. The number of hydroxylamine groups is 2. The summed E-state index contributed by atoms with van der Waals surface area (Å²) in [5.41, 5.74) is -5.18. The molecule has 0 spiro atoms. The van der Waals surface area contributed by atoms with Gasteiger partial charge in [0.25, 0.3) is 5.56 Å². The molecule has 1 fully saturated rings. The van der Waals surface area contributed by atoms with Gasteiger partial charge in [0.05, 0.1) is 13.2 Å². The standard InChI is InChI=1S/C23H24FN3O9/c24-17-4-2-1-3-14(17)9-15-11-26(21(32)25-20(15)31)23(34)22(33,19(30)18(12-28)36-23)27(35)10-13-5-7-16(29)8-6-13/h1-8,11,18-19,28-30,33-35H,9-10,12H2,(H,25,31,32)/t18-,19-,22-,23-/m1/s1. The maximum Gasteiger partial charge on any atom is 0.332 e. The van der Waals surface area contributed by atoms with Crippen molar-refractivity contribution in [2.24, 2.45) is 0 Å². The number of phenols is 1. The highest BCUT2D eigenvalue weighted by atomic mass is 19.1. The van der Waals surface area contributed by atoms with E-state index in [0.717, 1.165) is 6.20 Å². The number of nitrogens with zero attached hydrogens (tertiary/aromatic N) is 2. The second-order valence-corrected chi connectivity index (χ2v) is 8.39. The number of nitrogens with one attached hydrogen (secondary N) is 1. The number of halogens is 1. The molecule has 1 saturated heterocycles. The predicted molar refractivity (Wildman–Crippen MR) is 119 cm³/mol. The Kier molecular flexibility index (Phi) is 6.81. The normalized spacial score (nSPS) is 26.0. The zero-order chi connectivity index (χ0) is 26.3. The van der Waals surface area contributed by atoms with Crippen LogP contribution in [0.2, 0.25) is 0 Å². The van der Waals surface area contributed by atoms with Gasteiger partial charge in [-0.15, -0.1) is 5.06 Å². The monoisotopic (exact) mass is 505 g/mol. The molecular weight excluding hydrogens is 481 g/mol. The maximum atomic E-state index is 14.2. The van der Waals surface area contributed by atoms with Gasteiger partial charge in [-0.05, 0) is 29.3 Å². The molecule has 12 nitrogen and oxygen atoms in total. The van der Waals surface area contributed by atoms with Gasteiger partial charge in [-0.2, -0.15) is 0 Å². The third kappa shape index (κ3) is 4.22. The van der Waals surface area contributed by atoms with Crippen molar-refractivity contribution in [1.29, 1.82) is 0 Å². The van der Waals surface area contributed by atoms with E-state index in [0.29, 0.717) is 10.1 Å². The summed E-state index contributed by atoms with van der Waals surface area (Å²) >= 11 is 0. The molecule has 7 N–H and O–H groups in total. The molecule has 192 valence electrons. The van der Waals surface area contributed by atoms with Gasteiger partial charge in [0.2, 0.25) is 5.72 Å². The summed E-state index contributed by atoms with van der Waals surface area (Å²) in [6.45, 7) is -1.48. The summed E-state index contributed by atoms with van der Waals surface area (Å²) in [4.78, 5) is 27.1. The van der Waals surface area contributed by atoms with Gasteiger partial charge >= 0.3 is 11.6 Å². The molecule has 1 aliphatic heterocycles. The smallest absolute Gasteiger partial charge is 0.332 e. The van der Waals surface area contributed by atoms with Crippen molar-refractivity contribution in [1.82, 2.24) is 14.6 Å². The van der Waals surface area contributed by atoms with Crippen molar-refractivity contribution in [3.8, 4) is 5.75 Å². The van der Waals surface area contributed by atoms with Gasteiger partial charge < -0.3 is 35.5 Å². The van der Waals surface area contributed by atoms with Crippen molar-refractivity contribution in [2.75, 3.05) is 6.61 Å². The second kappa shape index (κ2) is 9.55. The molecule has 0 unspecified atom stereocenters. The number of aromatic amines is 1. The number of hydrogen-bond acceptors (Lipinski definition) is 10. The van der Waals surface area contributed by atoms with Crippen LogP contribution in [0.5, 0.6) is 5.75 Å². The summed E-state index contributed by atoms with van der Waals surface area (Å²) in [7, 11) is 0. The summed E-state index contributed by atoms with van der Waals surface area (Å²) in [6, 6.07) is 10.9. The number of ether oxygens (including phenoxy) is 1. The fourth-order valence-electron chi connectivity index (χ4n) is 4.11. The number of aromatic nitrogens is 2. The molecule has 2 aromatic carbocycles. The van der Waals surface area contributed by atoms with Crippen LogP contribution in [-0.2, 0) is 23.6 Å². The number of aliphatic hydroxyl groups is 4. The average Bonchev–Trinajstić information content (AvgIpc) is 3.05. The third-order valence-electron chi connectivity index (χ3n) is 6.08. The predicted octanol–water partition coefficient (Wildman–Crippen LogP) is -1.09. The number of hydrogen-bond donors (Lipinski definition) is 7. The van der Waals surface area contributed by atoms with Crippen LogP contribution in [0.4, 0.5) is 4.39 Å². The Labute approximate surface area is 202 Å². The maximum absolute atomic E-state index is 14.2. The third-order valence-corrected chi connectivity index (χ3v) is 6.08. The highest BCUT2D eigenvalue weighted by molar-refractivity contribution is 5.26. The van der Waals surface area contributed by atoms with E-state index < -0.39 is 54.1 Å². The topological polar surface area (TPSA) is 189 Å². The Morgan fingerprint density at radius 2 is 1.75 bits per heavy atom. The molecule has 1 aliphatic rings. The molecule has 1 aromatic heterocycles. The van der Waals surface area contributed by atoms with Crippen LogP contribution in [0.3, 0.4) is 0 Å². The molecule has 3 aromatic rings. The minimum atomic E-state index is -3.24. The molecule has 0 saturated carbocycles. The number of H-pyrrole nitrogens is 1. The fraction of sp³-hybridized carbons (Fsp3) is 0.304. The van der Waals surface area contributed by atoms with Crippen molar-refractivity contribution in [3.05, 3.63) is 98.1 Å². The molecule has 4 rings (SSSR count). The molecule has 36 heavy (non-hydrogen) atoms. The highest BCUT2D eigenvalue weighted by Crippen LogP contribution is 2.43. The fourth-order valence-corrected chi connectivity index (χ4v) is 4.11. The first-order valence-corrected chi connectivity index (χ1v) is 10.8. The zero-order valence-electron chi connectivity index (χ0n) is 18.7. The van der Waals surface area contributed by atoms with E-state index in [2.05, 4.69) is 0 Å². The van der Waals surface area contributed by atoms with Gasteiger partial charge in [0.1, 0.15) is 23.8 Å². The van der Waals surface area contributed by atoms with Crippen LogP contribution in [0.25, 0.3) is 0 Å². The molecular formula is C23H24FN3O9. The van der Waals surface area contributed by atoms with Crippen LogP contribution in [-0.4, -0.2) is 69.9 Å². The average molecular weight is 505 g/mol. The van der Waals surface area contributed by atoms with Crippen molar-refractivity contribution < 1.29 is 39.9 Å². The quantitative estimate of drug-likeness (QED) is 0.153. The molecule has 0 bridgehead atoms. The number of aromatic hydroxyl groups is 1.